The summed E-state index contributed by atoms with van der Waals surface area (Å²) >= 11 is 0. The SMILES string of the molecule is C[C@@H]1[C@@H](N(C)C)CCN1C(=O)[C@@H]1CCCCC(=O)N1. The highest BCUT2D eigenvalue weighted by atomic mass is 16.2. The third-order valence-corrected chi connectivity index (χ3v) is 4.44. The van der Waals surface area contributed by atoms with Crippen molar-refractivity contribution in [3.63, 3.8) is 0 Å². The molecule has 3 atom stereocenters. The Kier molecular flexibility index (Phi) is 4.45. The fourth-order valence-electron chi connectivity index (χ4n) is 3.28. The highest BCUT2D eigenvalue weighted by Crippen LogP contribution is 2.23. The van der Waals surface area contributed by atoms with E-state index < -0.39 is 0 Å². The smallest absolute Gasteiger partial charge is 0.245 e. The summed E-state index contributed by atoms with van der Waals surface area (Å²) in [7, 11) is 4.12. The van der Waals surface area contributed by atoms with E-state index in [0.717, 1.165) is 32.2 Å². The summed E-state index contributed by atoms with van der Waals surface area (Å²) in [6.07, 6.45) is 4.20. The number of rotatable bonds is 2. The first-order valence-corrected chi connectivity index (χ1v) is 7.27. The van der Waals surface area contributed by atoms with Crippen molar-refractivity contribution in [1.29, 1.82) is 0 Å². The third-order valence-electron chi connectivity index (χ3n) is 4.44. The van der Waals surface area contributed by atoms with Crippen LogP contribution in [0.3, 0.4) is 0 Å². The average molecular weight is 267 g/mol. The van der Waals surface area contributed by atoms with Crippen LogP contribution >= 0.6 is 0 Å². The van der Waals surface area contributed by atoms with E-state index in [2.05, 4.69) is 31.2 Å². The number of nitrogens with one attached hydrogen (secondary N) is 1. The van der Waals surface area contributed by atoms with Crippen molar-refractivity contribution in [1.82, 2.24) is 15.1 Å². The third kappa shape index (κ3) is 3.08. The number of carbonyl (C=O) groups excluding carboxylic acids is 2. The Hall–Kier alpha value is -1.10. The number of likely N-dealkylation sites (N-methyl/N-ethyl adjacent to an activating group) is 1. The second-order valence-electron chi connectivity index (χ2n) is 5.96. The zero-order chi connectivity index (χ0) is 14.0. The molecule has 1 N–H and O–H groups in total. The van der Waals surface area contributed by atoms with Gasteiger partial charge in [-0.3, -0.25) is 9.59 Å². The molecule has 0 aromatic rings. The lowest BCUT2D eigenvalue weighted by Crippen LogP contribution is -2.51. The monoisotopic (exact) mass is 267 g/mol. The number of carbonyl (C=O) groups is 2. The van der Waals surface area contributed by atoms with Crippen molar-refractivity contribution in [3.8, 4) is 0 Å². The summed E-state index contributed by atoms with van der Waals surface area (Å²) in [6.45, 7) is 2.91. The van der Waals surface area contributed by atoms with E-state index in [0.29, 0.717) is 12.5 Å². The van der Waals surface area contributed by atoms with Crippen molar-refractivity contribution in [2.24, 2.45) is 0 Å². The molecule has 0 aromatic heterocycles. The van der Waals surface area contributed by atoms with Crippen molar-refractivity contribution in [3.05, 3.63) is 0 Å². The average Bonchev–Trinajstić information content (AvgIpc) is 2.60. The van der Waals surface area contributed by atoms with E-state index in [9.17, 15) is 9.59 Å². The van der Waals surface area contributed by atoms with Gasteiger partial charge in [0.25, 0.3) is 0 Å². The zero-order valence-corrected chi connectivity index (χ0v) is 12.2. The molecule has 5 nitrogen and oxygen atoms in total. The van der Waals surface area contributed by atoms with E-state index in [1.54, 1.807) is 0 Å². The number of amides is 2. The van der Waals surface area contributed by atoms with Crippen LogP contribution in [0.2, 0.25) is 0 Å². The van der Waals surface area contributed by atoms with Crippen molar-refractivity contribution >= 4 is 11.8 Å². The first-order valence-electron chi connectivity index (χ1n) is 7.27. The minimum absolute atomic E-state index is 0.0202. The summed E-state index contributed by atoms with van der Waals surface area (Å²) < 4.78 is 0. The van der Waals surface area contributed by atoms with Gasteiger partial charge in [0.15, 0.2) is 0 Å². The van der Waals surface area contributed by atoms with Gasteiger partial charge in [0.2, 0.25) is 11.8 Å². The molecule has 0 unspecified atom stereocenters. The summed E-state index contributed by atoms with van der Waals surface area (Å²) in [5.41, 5.74) is 0. The van der Waals surface area contributed by atoms with Gasteiger partial charge in [0, 0.05) is 25.0 Å². The molecule has 2 aliphatic rings. The van der Waals surface area contributed by atoms with Gasteiger partial charge in [-0.1, -0.05) is 6.42 Å². The topological polar surface area (TPSA) is 52.7 Å². The standard InChI is InChI=1S/C14H25N3O2/c1-10-12(16(2)3)8-9-17(10)14(19)11-6-4-5-7-13(18)15-11/h10-12H,4-9H2,1-3H3,(H,15,18)/t10-,11+,12+/m1/s1. The first kappa shape index (κ1) is 14.3. The molecular formula is C14H25N3O2. The molecule has 0 aliphatic carbocycles. The first-order chi connectivity index (χ1) is 9.00. The van der Waals surface area contributed by atoms with E-state index in [-0.39, 0.29) is 23.9 Å². The maximum absolute atomic E-state index is 12.6. The molecule has 0 radical (unpaired) electrons. The highest BCUT2D eigenvalue weighted by molar-refractivity contribution is 5.88. The van der Waals surface area contributed by atoms with E-state index in [1.165, 1.54) is 0 Å². The second-order valence-corrected chi connectivity index (χ2v) is 5.96. The van der Waals surface area contributed by atoms with Gasteiger partial charge in [-0.25, -0.2) is 0 Å². The van der Waals surface area contributed by atoms with Crippen molar-refractivity contribution in [2.75, 3.05) is 20.6 Å². The molecular weight excluding hydrogens is 242 g/mol. The quantitative estimate of drug-likeness (QED) is 0.797. The van der Waals surface area contributed by atoms with Crippen LogP contribution in [0.15, 0.2) is 0 Å². The van der Waals surface area contributed by atoms with Gasteiger partial charge in [0.1, 0.15) is 6.04 Å². The summed E-state index contributed by atoms with van der Waals surface area (Å²) in [4.78, 5) is 28.3. The molecule has 19 heavy (non-hydrogen) atoms. The van der Waals surface area contributed by atoms with Gasteiger partial charge in [0.05, 0.1) is 0 Å². The molecule has 5 heteroatoms. The fourth-order valence-corrected chi connectivity index (χ4v) is 3.28. The lowest BCUT2D eigenvalue weighted by Gasteiger charge is -2.30. The molecule has 2 rings (SSSR count). The van der Waals surface area contributed by atoms with E-state index in [4.69, 9.17) is 0 Å². The predicted octanol–water partition coefficient (Wildman–Crippen LogP) is 0.596. The van der Waals surface area contributed by atoms with E-state index in [1.807, 2.05) is 4.90 Å². The maximum Gasteiger partial charge on any atom is 0.245 e. The van der Waals surface area contributed by atoms with Crippen LogP contribution < -0.4 is 5.32 Å². The lowest BCUT2D eigenvalue weighted by molar-refractivity contribution is -0.137. The molecule has 2 aliphatic heterocycles. The van der Waals surface area contributed by atoms with Crippen LogP contribution in [-0.4, -0.2) is 60.4 Å². The fraction of sp³-hybridized carbons (Fsp3) is 0.857. The molecule has 2 saturated heterocycles. The van der Waals surface area contributed by atoms with Crippen LogP contribution in [0.1, 0.15) is 39.0 Å². The Morgan fingerprint density at radius 1 is 1.32 bits per heavy atom. The Morgan fingerprint density at radius 3 is 2.68 bits per heavy atom. The Balaban J connectivity index is 2.01. The number of likely N-dealkylation sites (tertiary alicyclic amines) is 1. The number of hydrogen-bond acceptors (Lipinski definition) is 3. The summed E-state index contributed by atoms with van der Waals surface area (Å²) in [5, 5.41) is 2.88. The van der Waals surface area contributed by atoms with Crippen LogP contribution in [0.4, 0.5) is 0 Å². The van der Waals surface area contributed by atoms with Gasteiger partial charge < -0.3 is 15.1 Å². The molecule has 2 amide bonds. The zero-order valence-electron chi connectivity index (χ0n) is 12.2. The minimum Gasteiger partial charge on any atom is -0.344 e. The normalized spacial score (nSPS) is 32.3. The molecule has 108 valence electrons. The van der Waals surface area contributed by atoms with Gasteiger partial charge in [-0.15, -0.1) is 0 Å². The summed E-state index contributed by atoms with van der Waals surface area (Å²) in [6, 6.07) is 0.339. The lowest BCUT2D eigenvalue weighted by atomic mass is 10.1. The largest absolute Gasteiger partial charge is 0.344 e. The molecule has 2 heterocycles. The minimum atomic E-state index is -0.307. The molecule has 0 saturated carbocycles. The van der Waals surface area contributed by atoms with Gasteiger partial charge in [-0.05, 0) is 40.3 Å². The number of nitrogens with zero attached hydrogens (tertiary/aromatic N) is 2. The van der Waals surface area contributed by atoms with Crippen LogP contribution in [0.25, 0.3) is 0 Å². The Bertz CT molecular complexity index is 357. The van der Waals surface area contributed by atoms with Gasteiger partial charge >= 0.3 is 0 Å². The maximum atomic E-state index is 12.6. The number of hydrogen-bond donors (Lipinski definition) is 1. The predicted molar refractivity (Wildman–Crippen MR) is 73.7 cm³/mol. The van der Waals surface area contributed by atoms with Crippen molar-refractivity contribution < 1.29 is 9.59 Å². The molecule has 0 aromatic carbocycles. The van der Waals surface area contributed by atoms with Crippen LogP contribution in [0.5, 0.6) is 0 Å². The Labute approximate surface area is 115 Å². The molecule has 0 spiro atoms. The Morgan fingerprint density at radius 2 is 2.05 bits per heavy atom. The highest BCUT2D eigenvalue weighted by Gasteiger charge is 2.38. The van der Waals surface area contributed by atoms with Gasteiger partial charge in [-0.2, -0.15) is 0 Å². The van der Waals surface area contributed by atoms with Crippen molar-refractivity contribution in [2.45, 2.75) is 57.2 Å². The molecule has 2 fully saturated rings. The van der Waals surface area contributed by atoms with Crippen LogP contribution in [-0.2, 0) is 9.59 Å². The van der Waals surface area contributed by atoms with Crippen LogP contribution in [0, 0.1) is 0 Å². The summed E-state index contributed by atoms with van der Waals surface area (Å²) in [5.74, 6) is 0.124. The van der Waals surface area contributed by atoms with E-state index >= 15 is 0 Å². The molecule has 0 bridgehead atoms. The second kappa shape index (κ2) is 5.90.